The van der Waals surface area contributed by atoms with Gasteiger partial charge in [-0.2, -0.15) is 0 Å². The molecule has 102 valence electrons. The molecular weight excluding hydrogens is 234 g/mol. The van der Waals surface area contributed by atoms with Gasteiger partial charge in [0, 0.05) is 46.3 Å². The zero-order chi connectivity index (χ0) is 12.8. The van der Waals surface area contributed by atoms with Crippen molar-refractivity contribution in [2.24, 2.45) is 0 Å². The van der Waals surface area contributed by atoms with Gasteiger partial charge in [-0.15, -0.1) is 0 Å². The van der Waals surface area contributed by atoms with Crippen molar-refractivity contribution in [3.8, 4) is 0 Å². The molecule has 1 amide bonds. The molecule has 6 heteroatoms. The predicted molar refractivity (Wildman–Crippen MR) is 66.9 cm³/mol. The summed E-state index contributed by atoms with van der Waals surface area (Å²) in [7, 11) is 1.79. The molecule has 0 aliphatic carbocycles. The highest BCUT2D eigenvalue weighted by atomic mass is 16.6. The van der Waals surface area contributed by atoms with Crippen LogP contribution in [-0.2, 0) is 14.3 Å². The molecule has 0 atom stereocenters. The summed E-state index contributed by atoms with van der Waals surface area (Å²) in [6, 6.07) is 0. The Kier molecular flexibility index (Phi) is 4.83. The summed E-state index contributed by atoms with van der Waals surface area (Å²) >= 11 is 0. The molecule has 0 bridgehead atoms. The highest BCUT2D eigenvalue weighted by Gasteiger charge is 2.20. The first-order valence-electron chi connectivity index (χ1n) is 6.40. The van der Waals surface area contributed by atoms with Gasteiger partial charge < -0.3 is 19.7 Å². The third kappa shape index (κ3) is 3.61. The maximum atomic E-state index is 12.0. The van der Waals surface area contributed by atoms with E-state index in [9.17, 15) is 4.79 Å². The molecular formula is C12H21N3O3. The van der Waals surface area contributed by atoms with Crippen LogP contribution in [0.5, 0.6) is 0 Å². The van der Waals surface area contributed by atoms with Gasteiger partial charge in [0.15, 0.2) is 0 Å². The van der Waals surface area contributed by atoms with E-state index in [-0.39, 0.29) is 5.91 Å². The van der Waals surface area contributed by atoms with Crippen molar-refractivity contribution in [1.29, 1.82) is 0 Å². The molecule has 0 saturated carbocycles. The zero-order valence-corrected chi connectivity index (χ0v) is 10.9. The zero-order valence-electron chi connectivity index (χ0n) is 10.9. The molecule has 0 spiro atoms. The number of ether oxygens (including phenoxy) is 2. The Bertz CT molecular complexity index is 314. The lowest BCUT2D eigenvalue weighted by molar-refractivity contribution is -0.131. The van der Waals surface area contributed by atoms with Crippen LogP contribution in [0, 0.1) is 0 Å². The number of rotatable bonds is 4. The molecule has 2 aliphatic rings. The van der Waals surface area contributed by atoms with Gasteiger partial charge in [0.2, 0.25) is 5.76 Å². The van der Waals surface area contributed by atoms with Crippen LogP contribution >= 0.6 is 0 Å². The van der Waals surface area contributed by atoms with Crippen molar-refractivity contribution in [3.05, 3.63) is 12.0 Å². The van der Waals surface area contributed by atoms with E-state index < -0.39 is 0 Å². The normalized spacial score (nSPS) is 20.6. The molecule has 0 unspecified atom stereocenters. The number of carbonyl (C=O) groups excluding carboxylic acids is 1. The summed E-state index contributed by atoms with van der Waals surface area (Å²) in [5.74, 6) is 0.203. The first-order valence-corrected chi connectivity index (χ1v) is 6.40. The third-order valence-corrected chi connectivity index (χ3v) is 3.17. The summed E-state index contributed by atoms with van der Waals surface area (Å²) in [5.41, 5.74) is 0. The Hall–Kier alpha value is -1.27. The van der Waals surface area contributed by atoms with Gasteiger partial charge in [-0.3, -0.25) is 9.69 Å². The summed E-state index contributed by atoms with van der Waals surface area (Å²) in [6.45, 7) is 6.72. The van der Waals surface area contributed by atoms with Gasteiger partial charge >= 0.3 is 0 Å². The highest BCUT2D eigenvalue weighted by Crippen LogP contribution is 2.07. The summed E-state index contributed by atoms with van der Waals surface area (Å²) < 4.78 is 10.4. The number of nitrogens with zero attached hydrogens (tertiary/aromatic N) is 2. The number of hydrogen-bond donors (Lipinski definition) is 1. The first kappa shape index (κ1) is 13.2. The van der Waals surface area contributed by atoms with E-state index in [2.05, 4.69) is 10.2 Å². The van der Waals surface area contributed by atoms with Crippen molar-refractivity contribution in [1.82, 2.24) is 15.1 Å². The number of likely N-dealkylation sites (N-methyl/N-ethyl adjacent to an activating group) is 1. The molecule has 2 rings (SSSR count). The van der Waals surface area contributed by atoms with Crippen LogP contribution in [0.2, 0.25) is 0 Å². The predicted octanol–water partition coefficient (Wildman–Crippen LogP) is -0.762. The second-order valence-electron chi connectivity index (χ2n) is 4.52. The topological polar surface area (TPSA) is 54.0 Å². The monoisotopic (exact) mass is 255 g/mol. The average molecular weight is 255 g/mol. The fraction of sp³-hybridized carbons (Fsp3) is 0.750. The van der Waals surface area contributed by atoms with E-state index in [0.717, 1.165) is 32.7 Å². The van der Waals surface area contributed by atoms with Crippen LogP contribution < -0.4 is 5.32 Å². The van der Waals surface area contributed by atoms with E-state index >= 15 is 0 Å². The fourth-order valence-corrected chi connectivity index (χ4v) is 2.00. The number of carbonyl (C=O) groups is 1. The lowest BCUT2D eigenvalue weighted by Crippen LogP contribution is -2.46. The van der Waals surface area contributed by atoms with Crippen LogP contribution in [0.3, 0.4) is 0 Å². The van der Waals surface area contributed by atoms with Gasteiger partial charge in [0.05, 0.1) is 0 Å². The van der Waals surface area contributed by atoms with Crippen LogP contribution in [0.25, 0.3) is 0 Å². The quantitative estimate of drug-likeness (QED) is 0.715. The van der Waals surface area contributed by atoms with Crippen LogP contribution in [-0.4, -0.2) is 75.2 Å². The molecule has 2 heterocycles. The highest BCUT2D eigenvalue weighted by molar-refractivity contribution is 5.91. The molecule has 0 radical (unpaired) electrons. The van der Waals surface area contributed by atoms with Gasteiger partial charge in [-0.05, 0) is 0 Å². The van der Waals surface area contributed by atoms with Crippen molar-refractivity contribution in [2.45, 2.75) is 0 Å². The summed E-state index contributed by atoms with van der Waals surface area (Å²) in [4.78, 5) is 16.0. The number of piperazine rings is 1. The minimum atomic E-state index is -0.107. The van der Waals surface area contributed by atoms with E-state index in [1.165, 1.54) is 6.26 Å². The Labute approximate surface area is 108 Å². The Morgan fingerprint density at radius 2 is 2.22 bits per heavy atom. The Morgan fingerprint density at radius 3 is 2.89 bits per heavy atom. The standard InChI is InChI=1S/C12H21N3O3/c1-14(6-7-15-4-2-13-3-5-15)12(16)11-10-17-8-9-18-11/h10,13H,2-9H2,1H3. The third-order valence-electron chi connectivity index (χ3n) is 3.17. The molecule has 1 fully saturated rings. The molecule has 18 heavy (non-hydrogen) atoms. The number of nitrogens with one attached hydrogen (secondary N) is 1. The van der Waals surface area contributed by atoms with Crippen molar-refractivity contribution in [2.75, 3.05) is 59.5 Å². The summed E-state index contributed by atoms with van der Waals surface area (Å²) in [6.07, 6.45) is 1.41. The largest absolute Gasteiger partial charge is 0.494 e. The van der Waals surface area contributed by atoms with E-state index in [1.807, 2.05) is 0 Å². The number of hydrogen-bond acceptors (Lipinski definition) is 5. The van der Waals surface area contributed by atoms with Crippen molar-refractivity contribution >= 4 is 5.91 Å². The van der Waals surface area contributed by atoms with E-state index in [4.69, 9.17) is 9.47 Å². The average Bonchev–Trinajstić information content (AvgIpc) is 2.46. The van der Waals surface area contributed by atoms with E-state index in [1.54, 1.807) is 11.9 Å². The van der Waals surface area contributed by atoms with Gasteiger partial charge in [0.1, 0.15) is 19.5 Å². The lowest BCUT2D eigenvalue weighted by atomic mass is 10.3. The molecule has 0 aromatic carbocycles. The molecule has 0 aromatic rings. The van der Waals surface area contributed by atoms with Crippen molar-refractivity contribution in [3.63, 3.8) is 0 Å². The summed E-state index contributed by atoms with van der Waals surface area (Å²) in [5, 5.41) is 3.31. The second-order valence-corrected chi connectivity index (χ2v) is 4.52. The second kappa shape index (κ2) is 6.61. The minimum absolute atomic E-state index is 0.107. The van der Waals surface area contributed by atoms with Crippen molar-refractivity contribution < 1.29 is 14.3 Å². The fourth-order valence-electron chi connectivity index (χ4n) is 2.00. The lowest BCUT2D eigenvalue weighted by Gasteiger charge is -2.29. The maximum Gasteiger partial charge on any atom is 0.291 e. The minimum Gasteiger partial charge on any atom is -0.494 e. The Morgan fingerprint density at radius 1 is 1.44 bits per heavy atom. The Balaban J connectivity index is 1.74. The van der Waals surface area contributed by atoms with Crippen LogP contribution in [0.15, 0.2) is 12.0 Å². The molecule has 0 aromatic heterocycles. The van der Waals surface area contributed by atoms with Gasteiger partial charge in [0.25, 0.3) is 5.91 Å². The molecule has 1 N–H and O–H groups in total. The molecule has 1 saturated heterocycles. The molecule has 6 nitrogen and oxygen atoms in total. The SMILES string of the molecule is CN(CCN1CCNCC1)C(=O)C1=COCCO1. The van der Waals surface area contributed by atoms with Crippen LogP contribution in [0.1, 0.15) is 0 Å². The van der Waals surface area contributed by atoms with Crippen LogP contribution in [0.4, 0.5) is 0 Å². The van der Waals surface area contributed by atoms with Gasteiger partial charge in [-0.25, -0.2) is 0 Å². The maximum absolute atomic E-state index is 12.0. The number of amides is 1. The first-order chi connectivity index (χ1) is 8.77. The molecule has 2 aliphatic heterocycles. The van der Waals surface area contributed by atoms with E-state index in [0.29, 0.717) is 25.5 Å². The smallest absolute Gasteiger partial charge is 0.291 e. The van der Waals surface area contributed by atoms with Gasteiger partial charge in [-0.1, -0.05) is 0 Å².